The van der Waals surface area contributed by atoms with Crippen LogP contribution in [0.5, 0.6) is 5.75 Å². The zero-order valence-electron chi connectivity index (χ0n) is 10.8. The number of ether oxygens (including phenoxy) is 2. The molecule has 0 bridgehead atoms. The van der Waals surface area contributed by atoms with E-state index in [0.717, 1.165) is 44.3 Å². The van der Waals surface area contributed by atoms with Gasteiger partial charge in [-0.05, 0) is 24.3 Å². The van der Waals surface area contributed by atoms with E-state index in [1.54, 1.807) is 0 Å². The molecule has 0 atom stereocenters. The van der Waals surface area contributed by atoms with Crippen molar-refractivity contribution in [2.75, 3.05) is 39.5 Å². The fourth-order valence-corrected chi connectivity index (χ4v) is 1.85. The van der Waals surface area contributed by atoms with Gasteiger partial charge in [0, 0.05) is 19.6 Å². The summed E-state index contributed by atoms with van der Waals surface area (Å²) in [6, 6.07) is 7.39. The second-order valence-electron chi connectivity index (χ2n) is 4.18. The van der Waals surface area contributed by atoms with Crippen molar-refractivity contribution in [3.63, 3.8) is 0 Å². The minimum Gasteiger partial charge on any atom is -0.492 e. The number of nitrogens with zero attached hydrogens (tertiary/aromatic N) is 2. The Hall–Kier alpha value is -1.63. The van der Waals surface area contributed by atoms with E-state index in [-0.39, 0.29) is 0 Å². The lowest BCUT2D eigenvalue weighted by Gasteiger charge is -2.26. The Bertz CT molecular complexity index is 389. The minimum atomic E-state index is 0.667. The van der Waals surface area contributed by atoms with E-state index in [2.05, 4.69) is 9.89 Å². The van der Waals surface area contributed by atoms with Gasteiger partial charge < -0.3 is 9.47 Å². The summed E-state index contributed by atoms with van der Waals surface area (Å²) in [5.74, 6) is 0.823. The van der Waals surface area contributed by atoms with Gasteiger partial charge in [-0.2, -0.15) is 0 Å². The average molecular weight is 265 g/mol. The quantitative estimate of drug-likeness (QED) is 0.457. The van der Waals surface area contributed by atoms with Crippen molar-refractivity contribution in [1.82, 2.24) is 10.4 Å². The second kappa shape index (κ2) is 7.73. The summed E-state index contributed by atoms with van der Waals surface area (Å²) in [5, 5.41) is 8.38. The van der Waals surface area contributed by atoms with Gasteiger partial charge in [0.05, 0.1) is 18.9 Å². The number of hydrogen-bond acceptors (Lipinski definition) is 5. The summed E-state index contributed by atoms with van der Waals surface area (Å²) in [6.07, 6.45) is 1.22. The van der Waals surface area contributed by atoms with Gasteiger partial charge in [0.2, 0.25) is 0 Å². The van der Waals surface area contributed by atoms with Crippen LogP contribution in [-0.2, 0) is 4.74 Å². The maximum atomic E-state index is 8.38. The molecule has 1 aliphatic heterocycles. The summed E-state index contributed by atoms with van der Waals surface area (Å²) >= 11 is 0. The molecular formula is C13H19N3O3. The number of rotatable bonds is 6. The number of hydrogen-bond donors (Lipinski definition) is 2. The molecule has 0 saturated carbocycles. The minimum absolute atomic E-state index is 0.667. The molecule has 0 aromatic heterocycles. The van der Waals surface area contributed by atoms with E-state index in [1.807, 2.05) is 29.7 Å². The molecule has 6 nitrogen and oxygen atoms in total. The summed E-state index contributed by atoms with van der Waals surface area (Å²) < 4.78 is 11.0. The van der Waals surface area contributed by atoms with Crippen molar-refractivity contribution >= 4 is 12.0 Å². The van der Waals surface area contributed by atoms with Gasteiger partial charge in [-0.3, -0.25) is 15.6 Å². The number of aliphatic imine (C=N–C) groups is 1. The van der Waals surface area contributed by atoms with Gasteiger partial charge in [0.25, 0.3) is 0 Å². The van der Waals surface area contributed by atoms with E-state index in [1.165, 1.54) is 6.34 Å². The molecule has 1 heterocycles. The summed E-state index contributed by atoms with van der Waals surface area (Å²) in [7, 11) is 0. The second-order valence-corrected chi connectivity index (χ2v) is 4.18. The first-order valence-corrected chi connectivity index (χ1v) is 6.33. The first kappa shape index (κ1) is 13.8. The van der Waals surface area contributed by atoms with Crippen molar-refractivity contribution in [3.8, 4) is 5.75 Å². The fraction of sp³-hybridized carbons (Fsp3) is 0.462. The summed E-state index contributed by atoms with van der Waals surface area (Å²) in [6.45, 7) is 5.16. The number of hydroxylamine groups is 1. The van der Waals surface area contributed by atoms with Crippen LogP contribution in [0.4, 0.5) is 5.69 Å². The van der Waals surface area contributed by atoms with Crippen LogP contribution in [0.15, 0.2) is 29.3 Å². The Kier molecular flexibility index (Phi) is 5.61. The Morgan fingerprint density at radius 3 is 2.74 bits per heavy atom. The molecule has 1 aromatic carbocycles. The molecule has 104 valence electrons. The van der Waals surface area contributed by atoms with Crippen LogP contribution in [-0.4, -0.2) is 55.9 Å². The highest BCUT2D eigenvalue weighted by Crippen LogP contribution is 2.17. The van der Waals surface area contributed by atoms with Crippen LogP contribution in [0.2, 0.25) is 0 Å². The molecular weight excluding hydrogens is 246 g/mol. The molecule has 0 radical (unpaired) electrons. The van der Waals surface area contributed by atoms with Gasteiger partial charge in [-0.25, -0.2) is 4.99 Å². The average Bonchev–Trinajstić information content (AvgIpc) is 2.47. The van der Waals surface area contributed by atoms with Crippen LogP contribution in [0.1, 0.15) is 0 Å². The molecule has 0 aliphatic carbocycles. The lowest BCUT2D eigenvalue weighted by molar-refractivity contribution is 0.0322. The molecule has 0 spiro atoms. The largest absolute Gasteiger partial charge is 0.492 e. The van der Waals surface area contributed by atoms with Gasteiger partial charge in [-0.1, -0.05) is 0 Å². The molecule has 1 aromatic rings. The number of benzene rings is 1. The van der Waals surface area contributed by atoms with Crippen molar-refractivity contribution in [2.45, 2.75) is 0 Å². The molecule has 2 N–H and O–H groups in total. The highest BCUT2D eigenvalue weighted by atomic mass is 16.5. The Labute approximate surface area is 112 Å². The van der Waals surface area contributed by atoms with Gasteiger partial charge >= 0.3 is 0 Å². The lowest BCUT2D eigenvalue weighted by Crippen LogP contribution is -2.38. The Morgan fingerprint density at radius 1 is 1.32 bits per heavy atom. The maximum Gasteiger partial charge on any atom is 0.119 e. The monoisotopic (exact) mass is 265 g/mol. The lowest BCUT2D eigenvalue weighted by atomic mass is 10.3. The molecule has 1 saturated heterocycles. The van der Waals surface area contributed by atoms with E-state index in [9.17, 15) is 0 Å². The van der Waals surface area contributed by atoms with Crippen LogP contribution in [0, 0.1) is 0 Å². The molecule has 1 aliphatic rings. The standard InChI is InChI=1S/C13H19N3O3/c17-15-11-14-12-1-3-13(4-2-12)19-10-7-16-5-8-18-9-6-16/h1-4,11,17H,5-10H2,(H,14,15). The summed E-state index contributed by atoms with van der Waals surface area (Å²) in [4.78, 5) is 6.28. The van der Waals surface area contributed by atoms with E-state index < -0.39 is 0 Å². The van der Waals surface area contributed by atoms with E-state index in [4.69, 9.17) is 14.7 Å². The Morgan fingerprint density at radius 2 is 2.05 bits per heavy atom. The molecule has 0 amide bonds. The summed E-state index contributed by atoms with van der Waals surface area (Å²) in [5.41, 5.74) is 2.61. The predicted octanol–water partition coefficient (Wildman–Crippen LogP) is 1.04. The first-order valence-electron chi connectivity index (χ1n) is 6.33. The topological polar surface area (TPSA) is 66.3 Å². The predicted molar refractivity (Wildman–Crippen MR) is 72.3 cm³/mol. The smallest absolute Gasteiger partial charge is 0.119 e. The molecule has 6 heteroatoms. The third kappa shape index (κ3) is 4.86. The number of nitrogens with one attached hydrogen (secondary N) is 1. The third-order valence-corrected chi connectivity index (χ3v) is 2.89. The molecule has 1 fully saturated rings. The van der Waals surface area contributed by atoms with Crippen molar-refractivity contribution in [2.24, 2.45) is 4.99 Å². The SMILES string of the molecule is ONC=Nc1ccc(OCCN2CCOCC2)cc1. The third-order valence-electron chi connectivity index (χ3n) is 2.89. The van der Waals surface area contributed by atoms with E-state index in [0.29, 0.717) is 6.61 Å². The first-order chi connectivity index (χ1) is 9.38. The Balaban J connectivity index is 1.71. The number of morpholine rings is 1. The van der Waals surface area contributed by atoms with Gasteiger partial charge in [-0.15, -0.1) is 0 Å². The highest BCUT2D eigenvalue weighted by Gasteiger charge is 2.09. The van der Waals surface area contributed by atoms with Crippen LogP contribution >= 0.6 is 0 Å². The van der Waals surface area contributed by atoms with Gasteiger partial charge in [0.15, 0.2) is 0 Å². The van der Waals surface area contributed by atoms with E-state index >= 15 is 0 Å². The normalized spacial score (nSPS) is 16.7. The zero-order valence-corrected chi connectivity index (χ0v) is 10.8. The van der Waals surface area contributed by atoms with Crippen molar-refractivity contribution in [1.29, 1.82) is 0 Å². The highest BCUT2D eigenvalue weighted by molar-refractivity contribution is 5.59. The molecule has 2 rings (SSSR count). The van der Waals surface area contributed by atoms with Crippen molar-refractivity contribution in [3.05, 3.63) is 24.3 Å². The molecule has 0 unspecified atom stereocenters. The van der Waals surface area contributed by atoms with Gasteiger partial charge in [0.1, 0.15) is 18.7 Å². The van der Waals surface area contributed by atoms with Crippen LogP contribution in [0.25, 0.3) is 0 Å². The van der Waals surface area contributed by atoms with Crippen LogP contribution < -0.4 is 10.2 Å². The fourth-order valence-electron chi connectivity index (χ4n) is 1.85. The van der Waals surface area contributed by atoms with Crippen molar-refractivity contribution < 1.29 is 14.7 Å². The molecule has 19 heavy (non-hydrogen) atoms. The zero-order chi connectivity index (χ0) is 13.3. The van der Waals surface area contributed by atoms with Crippen LogP contribution in [0.3, 0.4) is 0 Å². The maximum absolute atomic E-state index is 8.38.